The van der Waals surface area contributed by atoms with E-state index in [9.17, 15) is 4.39 Å². The standard InChI is InChI=1S/C15H20BrFN2.ClH/c16-14-10-12(17)4-5-13(14)15(11-2-1-3-11)19-8-6-18-7-9-19;/h4-5,10-11,15,18H,1-3,6-9H2;1H/t15-;/m1./s1. The Hall–Kier alpha value is -0.160. The molecule has 1 aromatic rings. The molecule has 1 N–H and O–H groups in total. The van der Waals surface area contributed by atoms with Crippen LogP contribution in [0.15, 0.2) is 22.7 Å². The van der Waals surface area contributed by atoms with E-state index in [2.05, 4.69) is 26.1 Å². The Morgan fingerprint density at radius 2 is 1.95 bits per heavy atom. The molecule has 3 rings (SSSR count). The molecule has 0 unspecified atom stereocenters. The molecule has 112 valence electrons. The molecule has 20 heavy (non-hydrogen) atoms. The molecule has 5 heteroatoms. The predicted octanol–water partition coefficient (Wildman–Crippen LogP) is 3.76. The molecular formula is C15H21BrClFN2. The van der Waals surface area contributed by atoms with Crippen molar-refractivity contribution in [2.75, 3.05) is 26.2 Å². The summed E-state index contributed by atoms with van der Waals surface area (Å²) in [6.07, 6.45) is 3.95. The lowest BCUT2D eigenvalue weighted by molar-refractivity contribution is 0.0832. The molecule has 0 radical (unpaired) electrons. The molecule has 1 heterocycles. The summed E-state index contributed by atoms with van der Waals surface area (Å²) in [6, 6.07) is 5.60. The van der Waals surface area contributed by atoms with Crippen molar-refractivity contribution >= 4 is 28.3 Å². The first-order chi connectivity index (χ1) is 9.25. The number of nitrogens with one attached hydrogen (secondary N) is 1. The van der Waals surface area contributed by atoms with Gasteiger partial charge in [0.1, 0.15) is 5.82 Å². The van der Waals surface area contributed by atoms with E-state index < -0.39 is 0 Å². The van der Waals surface area contributed by atoms with Crippen molar-refractivity contribution in [3.8, 4) is 0 Å². The minimum Gasteiger partial charge on any atom is -0.314 e. The van der Waals surface area contributed by atoms with Crippen LogP contribution >= 0.6 is 28.3 Å². The highest BCUT2D eigenvalue weighted by Crippen LogP contribution is 2.43. The number of rotatable bonds is 3. The van der Waals surface area contributed by atoms with Crippen LogP contribution in [0.2, 0.25) is 0 Å². The lowest BCUT2D eigenvalue weighted by Gasteiger charge is -2.43. The second-order valence-electron chi connectivity index (χ2n) is 5.59. The summed E-state index contributed by atoms with van der Waals surface area (Å²) in [6.45, 7) is 4.29. The fourth-order valence-corrected chi connectivity index (χ4v) is 3.79. The van der Waals surface area contributed by atoms with Crippen molar-refractivity contribution < 1.29 is 4.39 Å². The van der Waals surface area contributed by atoms with Crippen molar-refractivity contribution in [2.45, 2.75) is 25.3 Å². The summed E-state index contributed by atoms with van der Waals surface area (Å²) in [5, 5.41) is 3.41. The van der Waals surface area contributed by atoms with Gasteiger partial charge in [-0.3, -0.25) is 4.90 Å². The Morgan fingerprint density at radius 3 is 2.50 bits per heavy atom. The first kappa shape index (κ1) is 16.2. The Kier molecular flexibility index (Phi) is 5.84. The van der Waals surface area contributed by atoms with Gasteiger partial charge >= 0.3 is 0 Å². The monoisotopic (exact) mass is 362 g/mol. The molecule has 1 aliphatic carbocycles. The van der Waals surface area contributed by atoms with Crippen LogP contribution in [0.25, 0.3) is 0 Å². The van der Waals surface area contributed by atoms with Gasteiger partial charge in [-0.2, -0.15) is 0 Å². The van der Waals surface area contributed by atoms with E-state index in [1.807, 2.05) is 6.07 Å². The van der Waals surface area contributed by atoms with Crippen molar-refractivity contribution in [2.24, 2.45) is 5.92 Å². The van der Waals surface area contributed by atoms with Crippen LogP contribution in [-0.4, -0.2) is 31.1 Å². The van der Waals surface area contributed by atoms with Crippen LogP contribution in [0, 0.1) is 11.7 Å². The number of halogens is 3. The molecule has 0 amide bonds. The van der Waals surface area contributed by atoms with Gasteiger partial charge in [-0.05, 0) is 36.5 Å². The Labute approximate surface area is 134 Å². The Balaban J connectivity index is 0.00000147. The third-order valence-corrected chi connectivity index (χ3v) is 5.11. The highest BCUT2D eigenvalue weighted by Gasteiger charge is 2.34. The van der Waals surface area contributed by atoms with Crippen LogP contribution in [-0.2, 0) is 0 Å². The minimum absolute atomic E-state index is 0. The number of hydrogen-bond acceptors (Lipinski definition) is 2. The third-order valence-electron chi connectivity index (χ3n) is 4.42. The maximum absolute atomic E-state index is 13.3. The molecule has 0 spiro atoms. The van der Waals surface area contributed by atoms with Crippen LogP contribution in [0.4, 0.5) is 4.39 Å². The van der Waals surface area contributed by atoms with Gasteiger partial charge < -0.3 is 5.32 Å². The minimum atomic E-state index is -0.164. The van der Waals surface area contributed by atoms with Gasteiger partial charge in [-0.15, -0.1) is 12.4 Å². The quantitative estimate of drug-likeness (QED) is 0.880. The van der Waals surface area contributed by atoms with Gasteiger partial charge in [-0.1, -0.05) is 28.4 Å². The van der Waals surface area contributed by atoms with Crippen LogP contribution in [0.3, 0.4) is 0 Å². The van der Waals surface area contributed by atoms with Crippen LogP contribution < -0.4 is 5.32 Å². The lowest BCUT2D eigenvalue weighted by Crippen LogP contribution is -2.47. The molecule has 2 aliphatic rings. The van der Waals surface area contributed by atoms with E-state index in [0.29, 0.717) is 6.04 Å². The van der Waals surface area contributed by atoms with Crippen molar-refractivity contribution in [3.63, 3.8) is 0 Å². The SMILES string of the molecule is Cl.Fc1ccc([C@@H](C2CCC2)N2CCNCC2)c(Br)c1. The summed E-state index contributed by atoms with van der Waals surface area (Å²) < 4.78 is 14.2. The van der Waals surface area contributed by atoms with E-state index >= 15 is 0 Å². The summed E-state index contributed by atoms with van der Waals surface area (Å²) in [4.78, 5) is 2.57. The summed E-state index contributed by atoms with van der Waals surface area (Å²) in [7, 11) is 0. The maximum Gasteiger partial charge on any atom is 0.124 e. The second-order valence-corrected chi connectivity index (χ2v) is 6.44. The maximum atomic E-state index is 13.3. The topological polar surface area (TPSA) is 15.3 Å². The molecular weight excluding hydrogens is 343 g/mol. The zero-order valence-corrected chi connectivity index (χ0v) is 13.9. The smallest absolute Gasteiger partial charge is 0.124 e. The van der Waals surface area contributed by atoms with Crippen molar-refractivity contribution in [1.82, 2.24) is 10.2 Å². The van der Waals surface area contributed by atoms with E-state index in [1.54, 1.807) is 12.1 Å². The molecule has 2 nitrogen and oxygen atoms in total. The lowest BCUT2D eigenvalue weighted by atomic mass is 9.76. The van der Waals surface area contributed by atoms with Crippen molar-refractivity contribution in [1.29, 1.82) is 0 Å². The largest absolute Gasteiger partial charge is 0.314 e. The van der Waals surface area contributed by atoms with Gasteiger partial charge in [0.05, 0.1) is 0 Å². The molecule has 1 atom stereocenters. The van der Waals surface area contributed by atoms with E-state index in [1.165, 1.54) is 24.8 Å². The zero-order chi connectivity index (χ0) is 13.2. The molecule has 2 fully saturated rings. The molecule has 1 saturated heterocycles. The first-order valence-electron chi connectivity index (χ1n) is 7.15. The number of benzene rings is 1. The normalized spacial score (nSPS) is 21.9. The molecule has 1 saturated carbocycles. The third kappa shape index (κ3) is 3.35. The fourth-order valence-electron chi connectivity index (χ4n) is 3.21. The number of hydrogen-bond donors (Lipinski definition) is 1. The molecule has 1 aliphatic heterocycles. The Morgan fingerprint density at radius 1 is 1.25 bits per heavy atom. The van der Waals surface area contributed by atoms with Gasteiger partial charge in [0.25, 0.3) is 0 Å². The summed E-state index contributed by atoms with van der Waals surface area (Å²) >= 11 is 3.55. The van der Waals surface area contributed by atoms with E-state index in [-0.39, 0.29) is 18.2 Å². The van der Waals surface area contributed by atoms with Crippen molar-refractivity contribution in [3.05, 3.63) is 34.1 Å². The van der Waals surface area contributed by atoms with Crippen LogP contribution in [0.1, 0.15) is 30.9 Å². The van der Waals surface area contributed by atoms with Crippen LogP contribution in [0.5, 0.6) is 0 Å². The average molecular weight is 364 g/mol. The highest BCUT2D eigenvalue weighted by atomic mass is 79.9. The highest BCUT2D eigenvalue weighted by molar-refractivity contribution is 9.10. The van der Waals surface area contributed by atoms with Gasteiger partial charge in [0.15, 0.2) is 0 Å². The summed E-state index contributed by atoms with van der Waals surface area (Å²) in [5.41, 5.74) is 1.26. The fraction of sp³-hybridized carbons (Fsp3) is 0.600. The molecule has 0 bridgehead atoms. The molecule has 1 aromatic carbocycles. The zero-order valence-electron chi connectivity index (χ0n) is 11.4. The number of piperazine rings is 1. The van der Waals surface area contributed by atoms with Gasteiger partial charge in [0, 0.05) is 36.7 Å². The number of nitrogens with zero attached hydrogens (tertiary/aromatic N) is 1. The van der Waals surface area contributed by atoms with E-state index in [0.717, 1.165) is 36.6 Å². The first-order valence-corrected chi connectivity index (χ1v) is 7.95. The second kappa shape index (κ2) is 7.21. The summed E-state index contributed by atoms with van der Waals surface area (Å²) in [5.74, 6) is 0.572. The van der Waals surface area contributed by atoms with Gasteiger partial charge in [-0.25, -0.2) is 4.39 Å². The van der Waals surface area contributed by atoms with Gasteiger partial charge in [0.2, 0.25) is 0 Å². The predicted molar refractivity (Wildman–Crippen MR) is 85.9 cm³/mol. The van der Waals surface area contributed by atoms with E-state index in [4.69, 9.17) is 0 Å². The average Bonchev–Trinajstić information content (AvgIpc) is 2.35. The Bertz CT molecular complexity index is 447. The molecule has 0 aromatic heterocycles.